The summed E-state index contributed by atoms with van der Waals surface area (Å²) in [6, 6.07) is 15.6. The third-order valence-corrected chi connectivity index (χ3v) is 3.32. The maximum absolute atomic E-state index is 5.63. The Balaban J connectivity index is 1.84. The summed E-state index contributed by atoms with van der Waals surface area (Å²) in [7, 11) is 1.64. The molecule has 2 aromatic carbocycles. The first-order valence-electron chi connectivity index (χ1n) is 7.51. The Bertz CT molecular complexity index is 642. The lowest BCUT2D eigenvalue weighted by Crippen LogP contribution is -2.27. The summed E-state index contributed by atoms with van der Waals surface area (Å²) in [5.74, 6) is 1.67. The molecule has 0 amide bonds. The fourth-order valence-electron chi connectivity index (χ4n) is 2.02. The van der Waals surface area contributed by atoms with E-state index in [4.69, 9.17) is 21.7 Å². The molecular weight excluding hydrogens is 308 g/mol. The third kappa shape index (κ3) is 5.79. The van der Waals surface area contributed by atoms with Gasteiger partial charge < -0.3 is 20.1 Å². The standard InChI is InChI=1S/C18H22N2O2S/c1-13(2)22-16-9-7-14(8-10-16)12-19-18(23)20-15-5-4-6-17(11-15)21-3/h4-11,13H,12H2,1-3H3,(H2,19,20,23). The fraction of sp³-hybridized carbons (Fsp3) is 0.278. The van der Waals surface area contributed by atoms with Crippen LogP contribution in [0.2, 0.25) is 0 Å². The van der Waals surface area contributed by atoms with Gasteiger partial charge in [-0.3, -0.25) is 0 Å². The molecule has 2 aromatic rings. The molecule has 0 aliphatic heterocycles. The number of hydrogen-bond donors (Lipinski definition) is 2. The molecule has 0 bridgehead atoms. The van der Waals surface area contributed by atoms with E-state index in [1.165, 1.54) is 0 Å². The predicted octanol–water partition coefficient (Wildman–Crippen LogP) is 3.97. The average molecular weight is 330 g/mol. The molecule has 2 N–H and O–H groups in total. The van der Waals surface area contributed by atoms with Crippen molar-refractivity contribution >= 4 is 23.0 Å². The van der Waals surface area contributed by atoms with Crippen LogP contribution in [0.3, 0.4) is 0 Å². The van der Waals surface area contributed by atoms with Crippen molar-refractivity contribution in [2.45, 2.75) is 26.5 Å². The summed E-state index contributed by atoms with van der Waals surface area (Å²) in [4.78, 5) is 0. The van der Waals surface area contributed by atoms with Crippen molar-refractivity contribution in [2.24, 2.45) is 0 Å². The van der Waals surface area contributed by atoms with E-state index in [1.807, 2.05) is 62.4 Å². The molecule has 0 heterocycles. The van der Waals surface area contributed by atoms with Crippen LogP contribution in [-0.4, -0.2) is 18.3 Å². The van der Waals surface area contributed by atoms with Crippen LogP contribution in [0.4, 0.5) is 5.69 Å². The maximum Gasteiger partial charge on any atom is 0.171 e. The number of anilines is 1. The highest BCUT2D eigenvalue weighted by atomic mass is 32.1. The summed E-state index contributed by atoms with van der Waals surface area (Å²) in [6.07, 6.45) is 0.179. The minimum absolute atomic E-state index is 0.179. The summed E-state index contributed by atoms with van der Waals surface area (Å²) in [5, 5.41) is 6.89. The van der Waals surface area contributed by atoms with E-state index in [1.54, 1.807) is 7.11 Å². The predicted molar refractivity (Wildman–Crippen MR) is 98.3 cm³/mol. The van der Waals surface area contributed by atoms with Gasteiger partial charge in [0.25, 0.3) is 0 Å². The number of thiocarbonyl (C=S) groups is 1. The van der Waals surface area contributed by atoms with Crippen LogP contribution in [0.25, 0.3) is 0 Å². The number of rotatable bonds is 6. The third-order valence-electron chi connectivity index (χ3n) is 3.08. The van der Waals surface area contributed by atoms with Crippen molar-refractivity contribution in [2.75, 3.05) is 12.4 Å². The van der Waals surface area contributed by atoms with Crippen molar-refractivity contribution in [1.82, 2.24) is 5.32 Å². The summed E-state index contributed by atoms with van der Waals surface area (Å²) in [6.45, 7) is 4.67. The molecule has 2 rings (SSSR count). The van der Waals surface area contributed by atoms with Gasteiger partial charge in [-0.1, -0.05) is 18.2 Å². The Labute approximate surface area is 142 Å². The highest BCUT2D eigenvalue weighted by Crippen LogP contribution is 2.17. The fourth-order valence-corrected chi connectivity index (χ4v) is 2.21. The van der Waals surface area contributed by atoms with Crippen molar-refractivity contribution in [3.8, 4) is 11.5 Å². The molecule has 0 aliphatic rings. The monoisotopic (exact) mass is 330 g/mol. The molecule has 0 atom stereocenters. The zero-order chi connectivity index (χ0) is 16.7. The molecular formula is C18H22N2O2S. The minimum Gasteiger partial charge on any atom is -0.497 e. The lowest BCUT2D eigenvalue weighted by molar-refractivity contribution is 0.242. The highest BCUT2D eigenvalue weighted by molar-refractivity contribution is 7.80. The topological polar surface area (TPSA) is 42.5 Å². The number of benzene rings is 2. The van der Waals surface area contributed by atoms with Crippen LogP contribution in [0.5, 0.6) is 11.5 Å². The Morgan fingerprint density at radius 3 is 2.48 bits per heavy atom. The number of hydrogen-bond acceptors (Lipinski definition) is 3. The van der Waals surface area contributed by atoms with Gasteiger partial charge in [-0.25, -0.2) is 0 Å². The highest BCUT2D eigenvalue weighted by Gasteiger charge is 2.01. The van der Waals surface area contributed by atoms with E-state index < -0.39 is 0 Å². The molecule has 0 saturated carbocycles. The van der Waals surface area contributed by atoms with Gasteiger partial charge >= 0.3 is 0 Å². The molecule has 0 fully saturated rings. The van der Waals surface area contributed by atoms with E-state index in [2.05, 4.69) is 10.6 Å². The summed E-state index contributed by atoms with van der Waals surface area (Å²) >= 11 is 5.31. The van der Waals surface area contributed by atoms with Gasteiger partial charge in [0.2, 0.25) is 0 Å². The Morgan fingerprint density at radius 1 is 1.09 bits per heavy atom. The first-order chi connectivity index (χ1) is 11.1. The Kier molecular flexibility index (Phi) is 6.23. The minimum atomic E-state index is 0.179. The van der Waals surface area contributed by atoms with Gasteiger partial charge in [-0.15, -0.1) is 0 Å². The van der Waals surface area contributed by atoms with Crippen LogP contribution < -0.4 is 20.1 Å². The Morgan fingerprint density at radius 2 is 1.83 bits per heavy atom. The second-order valence-corrected chi connectivity index (χ2v) is 5.76. The van der Waals surface area contributed by atoms with Gasteiger partial charge in [0, 0.05) is 18.3 Å². The molecule has 5 heteroatoms. The van der Waals surface area contributed by atoms with E-state index >= 15 is 0 Å². The van der Waals surface area contributed by atoms with E-state index in [0.29, 0.717) is 11.7 Å². The van der Waals surface area contributed by atoms with Gasteiger partial charge in [-0.2, -0.15) is 0 Å². The second-order valence-electron chi connectivity index (χ2n) is 5.35. The lowest BCUT2D eigenvalue weighted by Gasteiger charge is -2.12. The van der Waals surface area contributed by atoms with E-state index in [-0.39, 0.29) is 6.10 Å². The average Bonchev–Trinajstić information content (AvgIpc) is 2.54. The molecule has 122 valence electrons. The first-order valence-corrected chi connectivity index (χ1v) is 7.92. The van der Waals surface area contributed by atoms with Gasteiger partial charge in [0.15, 0.2) is 5.11 Å². The van der Waals surface area contributed by atoms with Crippen molar-refractivity contribution in [1.29, 1.82) is 0 Å². The molecule has 0 saturated heterocycles. The van der Waals surface area contributed by atoms with E-state index in [9.17, 15) is 0 Å². The van der Waals surface area contributed by atoms with Crippen LogP contribution in [0, 0.1) is 0 Å². The number of ether oxygens (including phenoxy) is 2. The molecule has 4 nitrogen and oxygen atoms in total. The maximum atomic E-state index is 5.63. The number of nitrogens with one attached hydrogen (secondary N) is 2. The normalized spacial score (nSPS) is 10.3. The molecule has 23 heavy (non-hydrogen) atoms. The lowest BCUT2D eigenvalue weighted by atomic mass is 10.2. The Hall–Kier alpha value is -2.27. The zero-order valence-corrected chi connectivity index (χ0v) is 14.4. The van der Waals surface area contributed by atoms with Gasteiger partial charge in [-0.05, 0) is 55.9 Å². The van der Waals surface area contributed by atoms with E-state index in [0.717, 1.165) is 22.7 Å². The first kappa shape index (κ1) is 17.1. The summed E-state index contributed by atoms with van der Waals surface area (Å²) in [5.41, 5.74) is 2.03. The quantitative estimate of drug-likeness (QED) is 0.785. The van der Waals surface area contributed by atoms with Crippen molar-refractivity contribution in [3.05, 3.63) is 54.1 Å². The summed E-state index contributed by atoms with van der Waals surface area (Å²) < 4.78 is 10.8. The molecule has 0 spiro atoms. The van der Waals surface area contributed by atoms with Crippen molar-refractivity contribution < 1.29 is 9.47 Å². The van der Waals surface area contributed by atoms with Gasteiger partial charge in [0.05, 0.1) is 13.2 Å². The van der Waals surface area contributed by atoms with Crippen LogP contribution in [0.1, 0.15) is 19.4 Å². The molecule has 0 unspecified atom stereocenters. The van der Waals surface area contributed by atoms with Crippen LogP contribution in [0.15, 0.2) is 48.5 Å². The van der Waals surface area contributed by atoms with Crippen LogP contribution >= 0.6 is 12.2 Å². The number of methoxy groups -OCH3 is 1. The zero-order valence-electron chi connectivity index (χ0n) is 13.6. The smallest absolute Gasteiger partial charge is 0.171 e. The largest absolute Gasteiger partial charge is 0.497 e. The van der Waals surface area contributed by atoms with Gasteiger partial charge in [0.1, 0.15) is 11.5 Å². The molecule has 0 aromatic heterocycles. The SMILES string of the molecule is COc1cccc(NC(=S)NCc2ccc(OC(C)C)cc2)c1. The molecule has 0 radical (unpaired) electrons. The second kappa shape index (κ2) is 8.39. The molecule has 0 aliphatic carbocycles. The van der Waals surface area contributed by atoms with Crippen LogP contribution in [-0.2, 0) is 6.54 Å². The van der Waals surface area contributed by atoms with Crippen molar-refractivity contribution in [3.63, 3.8) is 0 Å².